The van der Waals surface area contributed by atoms with E-state index in [1.165, 1.54) is 33.6 Å². The van der Waals surface area contributed by atoms with Crippen molar-refractivity contribution in [1.29, 1.82) is 0 Å². The van der Waals surface area contributed by atoms with Crippen molar-refractivity contribution in [2.45, 2.75) is 0 Å². The van der Waals surface area contributed by atoms with Gasteiger partial charge in [0.2, 0.25) is 0 Å². The molecule has 122 valence electrons. The number of hydrogen-bond donors (Lipinski definition) is 0. The van der Waals surface area contributed by atoms with Crippen molar-refractivity contribution >= 4 is 11.4 Å². The number of benzene rings is 3. The van der Waals surface area contributed by atoms with Gasteiger partial charge in [0.25, 0.3) is 0 Å². The third-order valence-corrected chi connectivity index (χ3v) is 4.28. The maximum atomic E-state index is 2.21. The van der Waals surface area contributed by atoms with E-state index >= 15 is 0 Å². The minimum Gasteiger partial charge on any atom is -0.377 e. The Morgan fingerprint density at radius 3 is 1.12 bits per heavy atom. The number of para-hydroxylation sites is 2. The van der Waals surface area contributed by atoms with Gasteiger partial charge in [0, 0.05) is 50.7 Å². The van der Waals surface area contributed by atoms with E-state index in [0.29, 0.717) is 0 Å². The highest BCUT2D eigenvalue weighted by Crippen LogP contribution is 2.33. The standard InChI is InChI=1S/C22H24N2/c1-23(2)21-11-7-5-9-19(21)17-13-15-18(16-14-17)20-10-6-8-12-22(20)24(3)4/h5-16H,1-4H3. The SMILES string of the molecule is CN(C)c1ccccc1-c1ccc(-c2ccccc2N(C)C)cc1. The number of nitrogens with zero attached hydrogens (tertiary/aromatic N) is 2. The normalized spacial score (nSPS) is 10.5. The van der Waals surface area contributed by atoms with Crippen LogP contribution in [0.1, 0.15) is 0 Å². The minimum absolute atomic E-state index is 1.24. The third-order valence-electron chi connectivity index (χ3n) is 4.28. The van der Waals surface area contributed by atoms with Gasteiger partial charge in [0.05, 0.1) is 0 Å². The van der Waals surface area contributed by atoms with E-state index in [4.69, 9.17) is 0 Å². The molecular weight excluding hydrogens is 292 g/mol. The highest BCUT2D eigenvalue weighted by molar-refractivity contribution is 5.82. The molecule has 3 aromatic rings. The van der Waals surface area contributed by atoms with Gasteiger partial charge < -0.3 is 9.80 Å². The molecule has 0 heterocycles. The molecule has 0 aliphatic rings. The lowest BCUT2D eigenvalue weighted by Crippen LogP contribution is -2.10. The van der Waals surface area contributed by atoms with Gasteiger partial charge in [-0.15, -0.1) is 0 Å². The fourth-order valence-electron chi connectivity index (χ4n) is 3.04. The Morgan fingerprint density at radius 2 is 0.792 bits per heavy atom. The van der Waals surface area contributed by atoms with Crippen LogP contribution in [0.5, 0.6) is 0 Å². The number of rotatable bonds is 4. The molecular formula is C22H24N2. The Labute approximate surface area is 145 Å². The van der Waals surface area contributed by atoms with Crippen LogP contribution in [-0.2, 0) is 0 Å². The van der Waals surface area contributed by atoms with Gasteiger partial charge in [0.15, 0.2) is 0 Å². The molecule has 0 fully saturated rings. The van der Waals surface area contributed by atoms with E-state index in [9.17, 15) is 0 Å². The molecule has 0 aliphatic carbocycles. The first-order valence-electron chi connectivity index (χ1n) is 8.21. The third kappa shape index (κ3) is 3.13. The second-order valence-corrected chi connectivity index (χ2v) is 6.40. The zero-order valence-corrected chi connectivity index (χ0v) is 14.8. The van der Waals surface area contributed by atoms with Crippen molar-refractivity contribution in [2.75, 3.05) is 38.0 Å². The van der Waals surface area contributed by atoms with Gasteiger partial charge in [-0.05, 0) is 23.3 Å². The summed E-state index contributed by atoms with van der Waals surface area (Å²) in [6.07, 6.45) is 0. The number of hydrogen-bond acceptors (Lipinski definition) is 2. The molecule has 0 spiro atoms. The van der Waals surface area contributed by atoms with E-state index in [0.717, 1.165) is 0 Å². The van der Waals surface area contributed by atoms with E-state index in [1.807, 2.05) is 0 Å². The summed E-state index contributed by atoms with van der Waals surface area (Å²) in [5.41, 5.74) is 7.47. The molecule has 0 saturated heterocycles. The predicted molar refractivity (Wildman–Crippen MR) is 106 cm³/mol. The first kappa shape index (κ1) is 16.1. The van der Waals surface area contributed by atoms with Crippen LogP contribution in [0.2, 0.25) is 0 Å². The topological polar surface area (TPSA) is 6.48 Å². The molecule has 0 bridgehead atoms. The molecule has 2 nitrogen and oxygen atoms in total. The summed E-state index contributed by atoms with van der Waals surface area (Å²) in [4.78, 5) is 4.31. The van der Waals surface area contributed by atoms with Crippen LogP contribution in [0.25, 0.3) is 22.3 Å². The van der Waals surface area contributed by atoms with Gasteiger partial charge in [-0.3, -0.25) is 0 Å². The maximum Gasteiger partial charge on any atom is 0.0440 e. The van der Waals surface area contributed by atoms with E-state index < -0.39 is 0 Å². The first-order chi connectivity index (χ1) is 11.6. The van der Waals surface area contributed by atoms with E-state index in [1.54, 1.807) is 0 Å². The fraction of sp³-hybridized carbons (Fsp3) is 0.182. The summed E-state index contributed by atoms with van der Waals surface area (Å²) in [6, 6.07) is 25.9. The molecule has 3 aromatic carbocycles. The molecule has 2 heteroatoms. The zero-order valence-electron chi connectivity index (χ0n) is 14.8. The molecule has 0 aromatic heterocycles. The van der Waals surface area contributed by atoms with Crippen molar-refractivity contribution in [2.24, 2.45) is 0 Å². The van der Waals surface area contributed by atoms with Crippen molar-refractivity contribution in [1.82, 2.24) is 0 Å². The van der Waals surface area contributed by atoms with Crippen molar-refractivity contribution in [3.8, 4) is 22.3 Å². The Hall–Kier alpha value is -2.74. The summed E-state index contributed by atoms with van der Waals surface area (Å²) in [6.45, 7) is 0. The van der Waals surface area contributed by atoms with Crippen molar-refractivity contribution in [3.05, 3.63) is 72.8 Å². The lowest BCUT2D eigenvalue weighted by atomic mass is 9.98. The van der Waals surface area contributed by atoms with Gasteiger partial charge in [-0.2, -0.15) is 0 Å². The van der Waals surface area contributed by atoms with Crippen LogP contribution in [0.15, 0.2) is 72.8 Å². The Balaban J connectivity index is 2.01. The van der Waals surface area contributed by atoms with Gasteiger partial charge in [0.1, 0.15) is 0 Å². The van der Waals surface area contributed by atoms with Gasteiger partial charge in [-0.1, -0.05) is 60.7 Å². The highest BCUT2D eigenvalue weighted by atomic mass is 15.1. The Bertz CT molecular complexity index is 747. The molecule has 0 aliphatic heterocycles. The maximum absolute atomic E-state index is 2.21. The van der Waals surface area contributed by atoms with Gasteiger partial charge in [-0.25, -0.2) is 0 Å². The predicted octanol–water partition coefficient (Wildman–Crippen LogP) is 5.15. The Kier molecular flexibility index (Phi) is 4.57. The van der Waals surface area contributed by atoms with Crippen LogP contribution in [0, 0.1) is 0 Å². The molecule has 0 N–H and O–H groups in total. The number of anilines is 2. The van der Waals surface area contributed by atoms with Crippen molar-refractivity contribution < 1.29 is 0 Å². The molecule has 0 saturated carbocycles. The Morgan fingerprint density at radius 1 is 0.458 bits per heavy atom. The summed E-state index contributed by atoms with van der Waals surface area (Å²) in [7, 11) is 8.34. The average Bonchev–Trinajstić information content (AvgIpc) is 2.62. The second-order valence-electron chi connectivity index (χ2n) is 6.40. The minimum atomic E-state index is 1.24. The molecule has 0 radical (unpaired) electrons. The van der Waals surface area contributed by atoms with Crippen molar-refractivity contribution in [3.63, 3.8) is 0 Å². The zero-order chi connectivity index (χ0) is 17.1. The average molecular weight is 316 g/mol. The highest BCUT2D eigenvalue weighted by Gasteiger charge is 2.09. The van der Waals surface area contributed by atoms with Crippen LogP contribution >= 0.6 is 0 Å². The molecule has 24 heavy (non-hydrogen) atoms. The summed E-state index contributed by atoms with van der Waals surface area (Å²) >= 11 is 0. The molecule has 0 atom stereocenters. The van der Waals surface area contributed by atoms with E-state index in [2.05, 4.69) is 111 Å². The smallest absolute Gasteiger partial charge is 0.0440 e. The summed E-state index contributed by atoms with van der Waals surface area (Å²) < 4.78 is 0. The molecule has 3 rings (SSSR count). The quantitative estimate of drug-likeness (QED) is 0.656. The largest absolute Gasteiger partial charge is 0.377 e. The van der Waals surface area contributed by atoms with Gasteiger partial charge >= 0.3 is 0 Å². The lowest BCUT2D eigenvalue weighted by molar-refractivity contribution is 1.13. The van der Waals surface area contributed by atoms with Crippen LogP contribution < -0.4 is 9.80 Å². The summed E-state index contributed by atoms with van der Waals surface area (Å²) in [5.74, 6) is 0. The van der Waals surface area contributed by atoms with E-state index in [-0.39, 0.29) is 0 Å². The summed E-state index contributed by atoms with van der Waals surface area (Å²) in [5, 5.41) is 0. The monoisotopic (exact) mass is 316 g/mol. The van der Waals surface area contributed by atoms with Crippen LogP contribution in [-0.4, -0.2) is 28.2 Å². The second kappa shape index (κ2) is 6.79. The fourth-order valence-corrected chi connectivity index (χ4v) is 3.04. The van der Waals surface area contributed by atoms with Crippen LogP contribution in [0.3, 0.4) is 0 Å². The first-order valence-corrected chi connectivity index (χ1v) is 8.21. The molecule has 0 unspecified atom stereocenters. The van der Waals surface area contributed by atoms with Crippen LogP contribution in [0.4, 0.5) is 11.4 Å². The molecule has 0 amide bonds. The lowest BCUT2D eigenvalue weighted by Gasteiger charge is -2.19.